The second-order valence-corrected chi connectivity index (χ2v) is 9.55. The third-order valence-electron chi connectivity index (χ3n) is 4.21. The molecule has 28 heavy (non-hydrogen) atoms. The Morgan fingerprint density at radius 1 is 1.14 bits per heavy atom. The van der Waals surface area contributed by atoms with Gasteiger partial charge in [0.1, 0.15) is 41.5 Å². The number of carbonyl (C=O) groups is 3. The van der Waals surface area contributed by atoms with Crippen LogP contribution in [0.2, 0.25) is 0 Å². The van der Waals surface area contributed by atoms with E-state index < -0.39 is 47.4 Å². The van der Waals surface area contributed by atoms with Gasteiger partial charge in [0.15, 0.2) is 0 Å². The number of nitrogens with zero attached hydrogens (tertiary/aromatic N) is 1. The summed E-state index contributed by atoms with van der Waals surface area (Å²) < 4.78 is 22.3. The molecule has 1 heterocycles. The lowest BCUT2D eigenvalue weighted by Crippen LogP contribution is -2.56. The third-order valence-corrected chi connectivity index (χ3v) is 4.21. The van der Waals surface area contributed by atoms with Gasteiger partial charge in [-0.1, -0.05) is 0 Å². The molecule has 3 atom stereocenters. The molecule has 0 unspecified atom stereocenters. The maximum atomic E-state index is 12.9. The molecule has 8 heteroatoms. The molecule has 1 amide bonds. The molecule has 1 aliphatic heterocycles. The average Bonchev–Trinajstić information content (AvgIpc) is 2.73. The van der Waals surface area contributed by atoms with Crippen LogP contribution in [-0.4, -0.2) is 58.6 Å². The van der Waals surface area contributed by atoms with Gasteiger partial charge in [-0.2, -0.15) is 0 Å². The van der Waals surface area contributed by atoms with Gasteiger partial charge in [-0.15, -0.1) is 0 Å². The molecule has 0 saturated carbocycles. The van der Waals surface area contributed by atoms with Gasteiger partial charge in [-0.25, -0.2) is 9.59 Å². The van der Waals surface area contributed by atoms with Crippen molar-refractivity contribution in [2.24, 2.45) is 0 Å². The van der Waals surface area contributed by atoms with E-state index in [9.17, 15) is 14.4 Å². The van der Waals surface area contributed by atoms with Gasteiger partial charge in [0.2, 0.25) is 0 Å². The molecule has 0 N–H and O–H groups in total. The van der Waals surface area contributed by atoms with E-state index in [1.54, 1.807) is 61.5 Å². The summed E-state index contributed by atoms with van der Waals surface area (Å²) in [6.45, 7) is 13.9. The molecule has 0 aromatic heterocycles. The van der Waals surface area contributed by atoms with Crippen molar-refractivity contribution in [3.05, 3.63) is 11.6 Å². The van der Waals surface area contributed by atoms with E-state index in [0.29, 0.717) is 11.9 Å². The third kappa shape index (κ3) is 5.25. The second kappa shape index (κ2) is 7.39. The van der Waals surface area contributed by atoms with Crippen LogP contribution in [0, 0.1) is 0 Å². The van der Waals surface area contributed by atoms with Crippen molar-refractivity contribution in [1.29, 1.82) is 0 Å². The first-order chi connectivity index (χ1) is 12.6. The lowest BCUT2D eigenvalue weighted by atomic mass is 9.90. The first-order valence-corrected chi connectivity index (χ1v) is 9.38. The van der Waals surface area contributed by atoms with Crippen LogP contribution in [0.5, 0.6) is 0 Å². The monoisotopic (exact) mass is 397 g/mol. The van der Waals surface area contributed by atoms with Crippen LogP contribution in [0.1, 0.15) is 61.8 Å². The Labute approximate surface area is 166 Å². The molecule has 8 nitrogen and oxygen atoms in total. The predicted octanol–water partition coefficient (Wildman–Crippen LogP) is 3.58. The van der Waals surface area contributed by atoms with E-state index >= 15 is 0 Å². The maximum absolute atomic E-state index is 12.9. The summed E-state index contributed by atoms with van der Waals surface area (Å²) in [6, 6.07) is -0.638. The van der Waals surface area contributed by atoms with Crippen LogP contribution in [-0.2, 0) is 23.7 Å². The lowest BCUT2D eigenvalue weighted by molar-refractivity contribution is -0.106. The van der Waals surface area contributed by atoms with Crippen molar-refractivity contribution in [3.8, 4) is 0 Å². The topological polar surface area (TPSA) is 91.4 Å². The van der Waals surface area contributed by atoms with Crippen LogP contribution in [0.3, 0.4) is 0 Å². The van der Waals surface area contributed by atoms with Gasteiger partial charge in [0.25, 0.3) is 0 Å². The molecule has 1 aliphatic carbocycles. The Morgan fingerprint density at radius 3 is 2.21 bits per heavy atom. The highest BCUT2D eigenvalue weighted by Crippen LogP contribution is 2.40. The largest absolute Gasteiger partial charge is 0.509 e. The zero-order valence-corrected chi connectivity index (χ0v) is 17.9. The van der Waals surface area contributed by atoms with E-state index in [2.05, 4.69) is 0 Å². The summed E-state index contributed by atoms with van der Waals surface area (Å²) in [5.41, 5.74) is -2.01. The molecule has 0 aromatic rings. The van der Waals surface area contributed by atoms with Crippen molar-refractivity contribution in [2.75, 3.05) is 0 Å². The number of aldehydes is 1. The molecule has 2 aliphatic rings. The predicted molar refractivity (Wildman–Crippen MR) is 101 cm³/mol. The highest BCUT2D eigenvalue weighted by Gasteiger charge is 2.56. The minimum atomic E-state index is -1.01. The number of ether oxygens (including phenoxy) is 4. The highest BCUT2D eigenvalue weighted by molar-refractivity contribution is 5.75. The lowest BCUT2D eigenvalue weighted by Gasteiger charge is -2.38. The Morgan fingerprint density at radius 2 is 1.71 bits per heavy atom. The summed E-state index contributed by atoms with van der Waals surface area (Å²) in [6.07, 6.45) is -0.332. The van der Waals surface area contributed by atoms with E-state index in [0.717, 1.165) is 0 Å². The van der Waals surface area contributed by atoms with Crippen molar-refractivity contribution in [3.63, 3.8) is 0 Å². The molecule has 2 rings (SSSR count). The maximum Gasteiger partial charge on any atom is 0.509 e. The van der Waals surface area contributed by atoms with Gasteiger partial charge in [-0.3, -0.25) is 9.69 Å². The number of amides is 1. The first-order valence-electron chi connectivity index (χ1n) is 9.38. The summed E-state index contributed by atoms with van der Waals surface area (Å²) >= 11 is 0. The Balaban J connectivity index is 2.34. The van der Waals surface area contributed by atoms with Crippen molar-refractivity contribution >= 4 is 18.5 Å². The zero-order valence-electron chi connectivity index (χ0n) is 17.9. The van der Waals surface area contributed by atoms with E-state index in [1.165, 1.54) is 4.90 Å². The van der Waals surface area contributed by atoms with Gasteiger partial charge in [-0.05, 0) is 67.0 Å². The fourth-order valence-electron chi connectivity index (χ4n) is 3.36. The summed E-state index contributed by atoms with van der Waals surface area (Å²) in [4.78, 5) is 38.0. The summed E-state index contributed by atoms with van der Waals surface area (Å²) in [5, 5.41) is 0. The molecular weight excluding hydrogens is 366 g/mol. The summed E-state index contributed by atoms with van der Waals surface area (Å²) in [7, 11) is 0. The van der Waals surface area contributed by atoms with Crippen LogP contribution in [0.15, 0.2) is 11.6 Å². The SMILES string of the molecule is CC(C)(C)OC(=O)O[C@@H]1CC(C=O)=C[C@H]2OC(C)(C)N(C(=O)OC(C)(C)C)[C@@H]21. The number of hydrogen-bond acceptors (Lipinski definition) is 7. The minimum absolute atomic E-state index is 0.155. The Hall–Kier alpha value is -2.09. The fourth-order valence-corrected chi connectivity index (χ4v) is 3.36. The first kappa shape index (κ1) is 22.2. The number of carbonyl (C=O) groups excluding carboxylic acids is 3. The second-order valence-electron chi connectivity index (χ2n) is 9.55. The normalized spacial score (nSPS) is 26.8. The van der Waals surface area contributed by atoms with Crippen LogP contribution in [0.25, 0.3) is 0 Å². The minimum Gasteiger partial charge on any atom is -0.444 e. The highest BCUT2D eigenvalue weighted by atomic mass is 16.7. The number of fused-ring (bicyclic) bond motifs is 1. The molecule has 0 radical (unpaired) electrons. The Kier molecular flexibility index (Phi) is 5.86. The molecule has 1 saturated heterocycles. The average molecular weight is 397 g/mol. The molecule has 0 aromatic carbocycles. The van der Waals surface area contributed by atoms with E-state index in [4.69, 9.17) is 18.9 Å². The smallest absolute Gasteiger partial charge is 0.444 e. The summed E-state index contributed by atoms with van der Waals surface area (Å²) in [5.74, 6) is 0. The van der Waals surface area contributed by atoms with Gasteiger partial charge >= 0.3 is 12.2 Å². The van der Waals surface area contributed by atoms with Crippen molar-refractivity contribution in [2.45, 2.75) is 97.0 Å². The molecule has 0 bridgehead atoms. The van der Waals surface area contributed by atoms with Gasteiger partial charge in [0, 0.05) is 6.42 Å². The van der Waals surface area contributed by atoms with Crippen LogP contribution in [0.4, 0.5) is 9.59 Å². The van der Waals surface area contributed by atoms with Crippen molar-refractivity contribution in [1.82, 2.24) is 4.90 Å². The standard InChI is InChI=1S/C20H31NO7/c1-18(2,3)27-16(23)21-15-13(25-17(24)28-19(4,5)6)9-12(11-22)10-14(15)26-20(21,7)8/h10-11,13-15H,9H2,1-8H3/t13-,14-,15-/m1/s1. The Bertz CT molecular complexity index is 669. The van der Waals surface area contributed by atoms with Gasteiger partial charge < -0.3 is 18.9 Å². The van der Waals surface area contributed by atoms with Crippen molar-refractivity contribution < 1.29 is 33.3 Å². The van der Waals surface area contributed by atoms with Gasteiger partial charge in [0.05, 0.1) is 0 Å². The van der Waals surface area contributed by atoms with Crippen LogP contribution >= 0.6 is 0 Å². The molecule has 0 spiro atoms. The number of rotatable bonds is 2. The molecule has 158 valence electrons. The number of hydrogen-bond donors (Lipinski definition) is 0. The van der Waals surface area contributed by atoms with E-state index in [-0.39, 0.29) is 6.42 Å². The fraction of sp³-hybridized carbons (Fsp3) is 0.750. The molecule has 1 fully saturated rings. The van der Waals surface area contributed by atoms with Crippen LogP contribution < -0.4 is 0 Å². The quantitative estimate of drug-likeness (QED) is 0.519. The van der Waals surface area contributed by atoms with E-state index in [1.807, 2.05) is 0 Å². The molecular formula is C20H31NO7. The zero-order chi connectivity index (χ0) is 21.5.